The third kappa shape index (κ3) is 6.13. The summed E-state index contributed by atoms with van der Waals surface area (Å²) in [5, 5.41) is 21.6. The van der Waals surface area contributed by atoms with Crippen molar-refractivity contribution in [2.45, 2.75) is 6.92 Å². The number of phenols is 2. The van der Waals surface area contributed by atoms with Crippen molar-refractivity contribution in [3.05, 3.63) is 77.9 Å². The van der Waals surface area contributed by atoms with Gasteiger partial charge in [-0.25, -0.2) is 4.79 Å². The zero-order valence-electron chi connectivity index (χ0n) is 16.0. The number of hydrogen-bond acceptors (Lipinski definition) is 6. The first kappa shape index (κ1) is 20.5. The minimum atomic E-state index is -0.888. The van der Waals surface area contributed by atoms with Crippen LogP contribution in [-0.4, -0.2) is 22.3 Å². The van der Waals surface area contributed by atoms with Crippen molar-refractivity contribution < 1.29 is 29.3 Å². The molecule has 152 valence electrons. The summed E-state index contributed by atoms with van der Waals surface area (Å²) in [7, 11) is 0. The van der Waals surface area contributed by atoms with E-state index in [2.05, 4.69) is 5.32 Å². The second-order valence-corrected chi connectivity index (χ2v) is 6.34. The lowest BCUT2D eigenvalue weighted by Crippen LogP contribution is -2.13. The SMILES string of the molecule is CC(=O)Nc1ccc(OC(=O)Oc2ccc(/C=C/c3cc(O)cc(O)c3)cc2)cc1. The first-order valence-corrected chi connectivity index (χ1v) is 8.96. The molecule has 30 heavy (non-hydrogen) atoms. The van der Waals surface area contributed by atoms with E-state index < -0.39 is 6.16 Å². The molecular formula is C23H19NO6. The van der Waals surface area contributed by atoms with Gasteiger partial charge >= 0.3 is 6.16 Å². The van der Waals surface area contributed by atoms with E-state index in [0.717, 1.165) is 5.56 Å². The maximum atomic E-state index is 11.9. The average Bonchev–Trinajstić information content (AvgIpc) is 2.68. The Morgan fingerprint density at radius 3 is 1.80 bits per heavy atom. The van der Waals surface area contributed by atoms with Crippen LogP contribution in [0.25, 0.3) is 12.2 Å². The van der Waals surface area contributed by atoms with Crippen LogP contribution in [0.3, 0.4) is 0 Å². The number of amides is 1. The number of aromatic hydroxyl groups is 2. The zero-order chi connectivity index (χ0) is 21.5. The van der Waals surface area contributed by atoms with Gasteiger partial charge in [-0.3, -0.25) is 4.79 Å². The van der Waals surface area contributed by atoms with Gasteiger partial charge < -0.3 is 25.0 Å². The van der Waals surface area contributed by atoms with E-state index in [-0.39, 0.29) is 23.2 Å². The number of benzene rings is 3. The Morgan fingerprint density at radius 1 is 0.767 bits per heavy atom. The van der Waals surface area contributed by atoms with E-state index in [4.69, 9.17) is 9.47 Å². The Bertz CT molecular complexity index is 1050. The van der Waals surface area contributed by atoms with Crippen LogP contribution in [0.15, 0.2) is 66.7 Å². The first-order valence-electron chi connectivity index (χ1n) is 8.96. The number of anilines is 1. The Hall–Kier alpha value is -4.26. The van der Waals surface area contributed by atoms with Gasteiger partial charge in [-0.1, -0.05) is 24.3 Å². The van der Waals surface area contributed by atoms with Crippen LogP contribution in [0, 0.1) is 0 Å². The van der Waals surface area contributed by atoms with Crippen LogP contribution in [0.1, 0.15) is 18.1 Å². The maximum Gasteiger partial charge on any atom is 0.519 e. The predicted octanol–water partition coefficient (Wildman–Crippen LogP) is 4.80. The summed E-state index contributed by atoms with van der Waals surface area (Å²) in [6.45, 7) is 1.40. The summed E-state index contributed by atoms with van der Waals surface area (Å²) in [5.41, 5.74) is 2.06. The Morgan fingerprint density at radius 2 is 1.27 bits per heavy atom. The van der Waals surface area contributed by atoms with Crippen molar-refractivity contribution in [2.75, 3.05) is 5.32 Å². The zero-order valence-corrected chi connectivity index (χ0v) is 16.0. The fourth-order valence-corrected chi connectivity index (χ4v) is 2.58. The number of carbonyl (C=O) groups is 2. The molecule has 3 aromatic carbocycles. The summed E-state index contributed by atoms with van der Waals surface area (Å²) >= 11 is 0. The molecule has 3 aromatic rings. The second-order valence-electron chi connectivity index (χ2n) is 6.34. The fourth-order valence-electron chi connectivity index (χ4n) is 2.58. The monoisotopic (exact) mass is 405 g/mol. The largest absolute Gasteiger partial charge is 0.519 e. The van der Waals surface area contributed by atoms with E-state index in [9.17, 15) is 19.8 Å². The molecule has 0 aliphatic carbocycles. The molecule has 0 atom stereocenters. The summed E-state index contributed by atoms with van der Waals surface area (Å²) in [6, 6.07) is 17.3. The van der Waals surface area contributed by atoms with Crippen molar-refractivity contribution in [3.8, 4) is 23.0 Å². The van der Waals surface area contributed by atoms with Gasteiger partial charge in [-0.05, 0) is 59.7 Å². The van der Waals surface area contributed by atoms with E-state index in [1.54, 1.807) is 60.7 Å². The summed E-state index contributed by atoms with van der Waals surface area (Å²) in [5.74, 6) is 0.342. The van der Waals surface area contributed by atoms with Gasteiger partial charge in [0.1, 0.15) is 23.0 Å². The Kier molecular flexibility index (Phi) is 6.34. The third-order valence-corrected chi connectivity index (χ3v) is 3.85. The summed E-state index contributed by atoms with van der Waals surface area (Å²) in [6.07, 6.45) is 2.63. The van der Waals surface area contributed by atoms with Crippen LogP contribution in [0.4, 0.5) is 10.5 Å². The molecule has 0 aromatic heterocycles. The lowest BCUT2D eigenvalue weighted by molar-refractivity contribution is -0.114. The van der Waals surface area contributed by atoms with Crippen molar-refractivity contribution in [1.82, 2.24) is 0 Å². The minimum absolute atomic E-state index is 0.0262. The molecule has 7 nitrogen and oxygen atoms in total. The van der Waals surface area contributed by atoms with Gasteiger partial charge in [0.05, 0.1) is 0 Å². The molecule has 0 fully saturated rings. The summed E-state index contributed by atoms with van der Waals surface area (Å²) < 4.78 is 10.2. The van der Waals surface area contributed by atoms with Gasteiger partial charge in [0, 0.05) is 18.7 Å². The standard InChI is InChI=1S/C23H19NO6/c1-15(25)24-18-6-10-22(11-7-18)30-23(28)29-21-8-4-16(5-9-21)2-3-17-12-19(26)14-20(27)13-17/h2-14,26-27H,1H3,(H,24,25)/b3-2+. The molecule has 0 radical (unpaired) electrons. The fraction of sp³-hybridized carbons (Fsp3) is 0.0435. The van der Waals surface area contributed by atoms with Gasteiger partial charge in [0.2, 0.25) is 5.91 Å². The molecule has 0 saturated heterocycles. The normalized spacial score (nSPS) is 10.6. The predicted molar refractivity (Wildman–Crippen MR) is 113 cm³/mol. The number of nitrogens with one attached hydrogen (secondary N) is 1. The van der Waals surface area contributed by atoms with Crippen LogP contribution in [0.5, 0.6) is 23.0 Å². The molecule has 0 bridgehead atoms. The molecule has 0 saturated carbocycles. The molecule has 0 unspecified atom stereocenters. The molecule has 7 heteroatoms. The lowest BCUT2D eigenvalue weighted by Gasteiger charge is -2.07. The first-order chi connectivity index (χ1) is 14.4. The maximum absolute atomic E-state index is 11.9. The average molecular weight is 405 g/mol. The van der Waals surface area contributed by atoms with Crippen molar-refractivity contribution >= 4 is 29.9 Å². The van der Waals surface area contributed by atoms with Crippen LogP contribution in [-0.2, 0) is 4.79 Å². The number of carbonyl (C=O) groups excluding carboxylic acids is 2. The Balaban J connectivity index is 1.56. The number of rotatable bonds is 5. The third-order valence-electron chi connectivity index (χ3n) is 3.85. The molecule has 0 heterocycles. The minimum Gasteiger partial charge on any atom is -0.508 e. The Labute approximate surface area is 172 Å². The van der Waals surface area contributed by atoms with Gasteiger partial charge in [-0.15, -0.1) is 0 Å². The smallest absolute Gasteiger partial charge is 0.508 e. The highest BCUT2D eigenvalue weighted by Gasteiger charge is 2.08. The van der Waals surface area contributed by atoms with E-state index in [1.807, 2.05) is 0 Å². The van der Waals surface area contributed by atoms with Gasteiger partial charge in [0.25, 0.3) is 0 Å². The quantitative estimate of drug-likeness (QED) is 0.320. The van der Waals surface area contributed by atoms with E-state index >= 15 is 0 Å². The van der Waals surface area contributed by atoms with E-state index in [0.29, 0.717) is 17.0 Å². The van der Waals surface area contributed by atoms with Crippen LogP contribution in [0.2, 0.25) is 0 Å². The van der Waals surface area contributed by atoms with Crippen LogP contribution < -0.4 is 14.8 Å². The topological polar surface area (TPSA) is 105 Å². The second kappa shape index (κ2) is 9.29. The summed E-state index contributed by atoms with van der Waals surface area (Å²) in [4.78, 5) is 22.9. The molecule has 3 rings (SSSR count). The number of hydrogen-bond donors (Lipinski definition) is 3. The highest BCUT2D eigenvalue weighted by atomic mass is 16.7. The molecule has 1 amide bonds. The lowest BCUT2D eigenvalue weighted by atomic mass is 10.1. The molecule has 0 spiro atoms. The number of ether oxygens (including phenoxy) is 2. The van der Waals surface area contributed by atoms with Crippen molar-refractivity contribution in [3.63, 3.8) is 0 Å². The van der Waals surface area contributed by atoms with Crippen LogP contribution >= 0.6 is 0 Å². The van der Waals surface area contributed by atoms with Crippen molar-refractivity contribution in [1.29, 1.82) is 0 Å². The van der Waals surface area contributed by atoms with E-state index in [1.165, 1.54) is 25.1 Å². The number of phenolic OH excluding ortho intramolecular Hbond substituents is 2. The highest BCUT2D eigenvalue weighted by Crippen LogP contribution is 2.23. The molecule has 3 N–H and O–H groups in total. The molecular weight excluding hydrogens is 386 g/mol. The van der Waals surface area contributed by atoms with Crippen molar-refractivity contribution in [2.24, 2.45) is 0 Å². The van der Waals surface area contributed by atoms with Gasteiger partial charge in [0.15, 0.2) is 0 Å². The highest BCUT2D eigenvalue weighted by molar-refractivity contribution is 5.88. The van der Waals surface area contributed by atoms with Gasteiger partial charge in [-0.2, -0.15) is 0 Å². The molecule has 0 aliphatic heterocycles. The molecule has 0 aliphatic rings.